The minimum atomic E-state index is -5.17. The first-order valence-electron chi connectivity index (χ1n) is 16.3. The van der Waals surface area contributed by atoms with Crippen molar-refractivity contribution >= 4 is 43.1 Å². The van der Waals surface area contributed by atoms with Crippen molar-refractivity contribution in [2.75, 3.05) is 43.4 Å². The summed E-state index contributed by atoms with van der Waals surface area (Å²) in [6.07, 6.45) is -5.00. The van der Waals surface area contributed by atoms with Crippen molar-refractivity contribution in [1.82, 2.24) is 20.2 Å². The first kappa shape index (κ1) is 33.9. The number of benzene rings is 2. The number of nitrogens with zero attached hydrogens (tertiary/aromatic N) is 5. The lowest BCUT2D eigenvalue weighted by Gasteiger charge is -2.40. The molecule has 0 amide bonds. The van der Waals surface area contributed by atoms with Crippen LogP contribution in [0, 0.1) is 23.0 Å². The number of rotatable bonds is 6. The number of alkyl halides is 4. The zero-order valence-corrected chi connectivity index (χ0v) is 27.5. The van der Waals surface area contributed by atoms with E-state index in [1.165, 1.54) is 4.90 Å². The second-order valence-corrected chi connectivity index (χ2v) is 14.9. The lowest BCUT2D eigenvalue weighted by Crippen LogP contribution is -2.59. The molecule has 6 heterocycles. The largest absolute Gasteiger partial charge is 0.461 e. The average molecular weight is 736 g/mol. The molecule has 1 unspecified atom stereocenters. The number of anilines is 2. The maximum absolute atomic E-state index is 17.1. The van der Waals surface area contributed by atoms with E-state index in [-0.39, 0.29) is 76.6 Å². The lowest BCUT2D eigenvalue weighted by molar-refractivity contribution is -0.137. The van der Waals surface area contributed by atoms with Crippen molar-refractivity contribution in [1.29, 1.82) is 5.26 Å². The molecule has 0 aliphatic carbocycles. The Bertz CT molecular complexity index is 2160. The third-order valence-electron chi connectivity index (χ3n) is 10.7. The smallest absolute Gasteiger partial charge is 0.417 e. The van der Waals surface area contributed by atoms with Crippen molar-refractivity contribution in [2.45, 2.75) is 61.6 Å². The SMILES string of the molecule is N#Cc1c(N)sc2c(F)ccc(-c3c(C(F)(F)F)cc4c(N5C[C@@H]6CC[C@](C=C(F)F)(C5)N6)nc(OCC56CCCN5C[C@H](F)C6)nc4c3F)c12. The minimum absolute atomic E-state index is 0.0737. The molecule has 3 N–H and O–H groups in total. The molecule has 4 saturated heterocycles. The summed E-state index contributed by atoms with van der Waals surface area (Å²) in [5.74, 6) is -2.46. The Balaban J connectivity index is 1.35. The van der Waals surface area contributed by atoms with Gasteiger partial charge in [-0.1, -0.05) is 6.07 Å². The lowest BCUT2D eigenvalue weighted by atomic mass is 9.92. The highest BCUT2D eigenvalue weighted by Crippen LogP contribution is 2.49. The summed E-state index contributed by atoms with van der Waals surface area (Å²) in [5, 5.41) is 12.2. The molecule has 0 radical (unpaired) electrons. The topological polar surface area (TPSA) is 103 Å². The van der Waals surface area contributed by atoms with E-state index in [1.54, 1.807) is 6.07 Å². The fourth-order valence-corrected chi connectivity index (χ4v) is 9.53. The molecule has 8 nitrogen and oxygen atoms in total. The van der Waals surface area contributed by atoms with Crippen LogP contribution in [0.25, 0.3) is 32.1 Å². The molecule has 8 rings (SSSR count). The molecule has 2 bridgehead atoms. The predicted molar refractivity (Wildman–Crippen MR) is 174 cm³/mol. The van der Waals surface area contributed by atoms with Crippen LogP contribution in [0.15, 0.2) is 30.4 Å². The molecule has 17 heteroatoms. The van der Waals surface area contributed by atoms with E-state index < -0.39 is 63.3 Å². The number of nitrogens with two attached hydrogens (primary N) is 1. The molecule has 51 heavy (non-hydrogen) atoms. The van der Waals surface area contributed by atoms with E-state index in [9.17, 15) is 22.8 Å². The number of halogens is 8. The van der Waals surface area contributed by atoms with E-state index in [0.29, 0.717) is 43.2 Å². The molecule has 4 aromatic rings. The number of nitrogens with one attached hydrogen (secondary N) is 1. The molecule has 0 saturated carbocycles. The van der Waals surface area contributed by atoms with E-state index >= 15 is 17.6 Å². The Hall–Kier alpha value is -4.27. The summed E-state index contributed by atoms with van der Waals surface area (Å²) >= 11 is 0.651. The number of ether oxygens (including phenoxy) is 1. The Kier molecular flexibility index (Phi) is 7.89. The Labute approximate surface area is 289 Å². The highest BCUT2D eigenvalue weighted by atomic mass is 32.1. The van der Waals surface area contributed by atoms with Crippen LogP contribution in [-0.4, -0.2) is 70.9 Å². The molecule has 0 spiro atoms. The molecule has 4 fully saturated rings. The van der Waals surface area contributed by atoms with Gasteiger partial charge in [0.25, 0.3) is 6.08 Å². The molecule has 2 aromatic heterocycles. The molecule has 2 aromatic carbocycles. The van der Waals surface area contributed by atoms with Gasteiger partial charge in [-0.05, 0) is 49.9 Å². The van der Waals surface area contributed by atoms with E-state index in [2.05, 4.69) is 15.3 Å². The van der Waals surface area contributed by atoms with E-state index in [4.69, 9.17) is 10.5 Å². The highest BCUT2D eigenvalue weighted by molar-refractivity contribution is 7.23. The zero-order valence-electron chi connectivity index (χ0n) is 26.7. The van der Waals surface area contributed by atoms with Gasteiger partial charge >= 0.3 is 12.2 Å². The van der Waals surface area contributed by atoms with Crippen molar-refractivity contribution in [2.24, 2.45) is 0 Å². The summed E-state index contributed by atoms with van der Waals surface area (Å²) < 4.78 is 125. The number of piperazine rings is 1. The Morgan fingerprint density at radius 3 is 2.75 bits per heavy atom. The third kappa shape index (κ3) is 5.53. The first-order valence-corrected chi connectivity index (χ1v) is 17.1. The van der Waals surface area contributed by atoms with Crippen molar-refractivity contribution < 1.29 is 39.9 Å². The van der Waals surface area contributed by atoms with Gasteiger partial charge in [0.2, 0.25) is 0 Å². The van der Waals surface area contributed by atoms with Gasteiger partial charge in [0, 0.05) is 54.5 Å². The predicted octanol–water partition coefficient (Wildman–Crippen LogP) is 7.31. The van der Waals surface area contributed by atoms with Gasteiger partial charge in [0.15, 0.2) is 5.82 Å². The van der Waals surface area contributed by atoms with Crippen molar-refractivity contribution in [3.63, 3.8) is 0 Å². The number of nitrogen functional groups attached to an aromatic ring is 1. The maximum Gasteiger partial charge on any atom is 0.417 e. The maximum atomic E-state index is 17.1. The summed E-state index contributed by atoms with van der Waals surface area (Å²) in [6.45, 7) is 0.822. The molecule has 268 valence electrons. The van der Waals surface area contributed by atoms with Gasteiger partial charge in [0.1, 0.15) is 41.0 Å². The molecular weight excluding hydrogens is 706 g/mol. The number of aromatic nitrogens is 2. The monoisotopic (exact) mass is 735 g/mol. The van der Waals surface area contributed by atoms with Gasteiger partial charge in [-0.3, -0.25) is 4.90 Å². The zero-order chi connectivity index (χ0) is 36.0. The first-order chi connectivity index (χ1) is 24.2. The fraction of sp³-hybridized carbons (Fsp3) is 0.441. The summed E-state index contributed by atoms with van der Waals surface area (Å²) in [4.78, 5) is 12.3. The van der Waals surface area contributed by atoms with Crippen LogP contribution >= 0.6 is 11.3 Å². The average Bonchev–Trinajstić information content (AvgIpc) is 3.78. The molecular formula is C34H29F8N7OS. The molecule has 4 aliphatic heterocycles. The second kappa shape index (κ2) is 11.9. The van der Waals surface area contributed by atoms with Gasteiger partial charge in [-0.15, -0.1) is 11.3 Å². The van der Waals surface area contributed by atoms with Crippen LogP contribution in [0.1, 0.15) is 43.2 Å². The van der Waals surface area contributed by atoms with E-state index in [0.717, 1.165) is 24.6 Å². The van der Waals surface area contributed by atoms with Gasteiger partial charge in [0.05, 0.1) is 26.9 Å². The van der Waals surface area contributed by atoms with Crippen molar-refractivity contribution in [3.05, 3.63) is 53.1 Å². The number of fused-ring (bicyclic) bond motifs is 5. The summed E-state index contributed by atoms with van der Waals surface area (Å²) in [6, 6.07) is 3.60. The van der Waals surface area contributed by atoms with Crippen molar-refractivity contribution in [3.8, 4) is 23.2 Å². The molecule has 4 aliphatic rings. The molecule has 4 atom stereocenters. The Morgan fingerprint density at radius 2 is 2.00 bits per heavy atom. The standard InChI is InChI=1S/C34H29F8N7OS/c35-16-9-33(5-1-7-49(33)12-16)15-50-31-45-27-19(30(46-31)48-13-17-4-6-32(14-48,47-17)10-23(37)38)8-21(34(40,41)42)25(26(27)39)18-2-3-22(36)28-24(18)20(11-43)29(44)51-28/h2-3,8,10,16-17,47H,1,4-7,9,12-15,44H2/t16-,17+,32+,33?/m1/s1. The number of nitriles is 1. The Morgan fingerprint density at radius 1 is 1.20 bits per heavy atom. The van der Waals surface area contributed by atoms with Crippen LogP contribution in [0.5, 0.6) is 6.01 Å². The third-order valence-corrected chi connectivity index (χ3v) is 11.7. The van der Waals surface area contributed by atoms with E-state index in [1.807, 2.05) is 4.90 Å². The van der Waals surface area contributed by atoms with Crippen LogP contribution in [0.3, 0.4) is 0 Å². The van der Waals surface area contributed by atoms with Gasteiger partial charge in [-0.2, -0.15) is 37.2 Å². The number of hydrogen-bond donors (Lipinski definition) is 2. The number of thiophene rings is 1. The van der Waals surface area contributed by atoms with Crippen LogP contribution in [0.4, 0.5) is 45.9 Å². The van der Waals surface area contributed by atoms with Crippen LogP contribution in [0.2, 0.25) is 0 Å². The van der Waals surface area contributed by atoms with Gasteiger partial charge in [-0.25, -0.2) is 13.2 Å². The normalized spacial score (nSPS) is 26.2. The number of hydrogen-bond acceptors (Lipinski definition) is 9. The highest BCUT2D eigenvalue weighted by Gasteiger charge is 2.50. The summed E-state index contributed by atoms with van der Waals surface area (Å²) in [7, 11) is 0. The fourth-order valence-electron chi connectivity index (χ4n) is 8.58. The van der Waals surface area contributed by atoms with Crippen LogP contribution in [-0.2, 0) is 6.18 Å². The van der Waals surface area contributed by atoms with Gasteiger partial charge < -0.3 is 20.7 Å². The quantitative estimate of drug-likeness (QED) is 0.199. The minimum Gasteiger partial charge on any atom is -0.461 e. The second-order valence-electron chi connectivity index (χ2n) is 13.8. The van der Waals surface area contributed by atoms with Crippen LogP contribution < -0.4 is 20.7 Å². The summed E-state index contributed by atoms with van der Waals surface area (Å²) in [5.41, 5.74) is 0.319.